The van der Waals surface area contributed by atoms with Crippen LogP contribution in [-0.2, 0) is 0 Å². The Morgan fingerprint density at radius 2 is 1.94 bits per heavy atom. The van der Waals surface area contributed by atoms with Gasteiger partial charge in [0.25, 0.3) is 0 Å². The predicted octanol–water partition coefficient (Wildman–Crippen LogP) is 3.05. The third-order valence-corrected chi connectivity index (χ3v) is 3.09. The van der Waals surface area contributed by atoms with Crippen LogP contribution in [0, 0.1) is 0 Å². The monoisotopic (exact) mass is 243 g/mol. The van der Waals surface area contributed by atoms with Crippen molar-refractivity contribution in [3.8, 4) is 22.6 Å². The van der Waals surface area contributed by atoms with Crippen molar-refractivity contribution in [1.29, 1.82) is 0 Å². The molecule has 0 aliphatic heterocycles. The molecular formula is C12H9N3OS. The molecule has 4 nitrogen and oxygen atoms in total. The lowest BCUT2D eigenvalue weighted by Gasteiger charge is -1.99. The number of hydrogen-bond acceptors (Lipinski definition) is 5. The standard InChI is InChI=1S/C12H9N3OS/c13-12-15-14-11(16-12)9-3-1-2-8(6-9)10-4-5-17-7-10/h1-7H,(H2,13,15). The summed E-state index contributed by atoms with van der Waals surface area (Å²) >= 11 is 1.67. The van der Waals surface area contributed by atoms with Gasteiger partial charge in [0.2, 0.25) is 5.89 Å². The van der Waals surface area contributed by atoms with Gasteiger partial charge in [0.15, 0.2) is 0 Å². The zero-order valence-corrected chi connectivity index (χ0v) is 9.65. The molecule has 0 amide bonds. The third-order valence-electron chi connectivity index (χ3n) is 2.40. The van der Waals surface area contributed by atoms with Crippen LogP contribution < -0.4 is 5.73 Å². The number of benzene rings is 1. The second-order valence-electron chi connectivity index (χ2n) is 3.54. The van der Waals surface area contributed by atoms with Crippen molar-refractivity contribution in [1.82, 2.24) is 10.2 Å². The Balaban J connectivity index is 2.05. The van der Waals surface area contributed by atoms with Crippen LogP contribution in [0.4, 0.5) is 6.01 Å². The molecule has 2 aromatic heterocycles. The van der Waals surface area contributed by atoms with Gasteiger partial charge in [-0.15, -0.1) is 5.10 Å². The van der Waals surface area contributed by atoms with Crippen LogP contribution in [0.25, 0.3) is 22.6 Å². The van der Waals surface area contributed by atoms with Crippen molar-refractivity contribution in [2.24, 2.45) is 0 Å². The summed E-state index contributed by atoms with van der Waals surface area (Å²) in [4.78, 5) is 0. The van der Waals surface area contributed by atoms with Crippen LogP contribution in [0.2, 0.25) is 0 Å². The Labute approximate surface area is 102 Å². The first-order valence-electron chi connectivity index (χ1n) is 5.05. The van der Waals surface area contributed by atoms with E-state index in [1.54, 1.807) is 11.3 Å². The number of rotatable bonds is 2. The highest BCUT2D eigenvalue weighted by molar-refractivity contribution is 7.08. The van der Waals surface area contributed by atoms with E-state index in [9.17, 15) is 0 Å². The number of hydrogen-bond donors (Lipinski definition) is 1. The minimum absolute atomic E-state index is 0.0842. The van der Waals surface area contributed by atoms with E-state index in [0.29, 0.717) is 5.89 Å². The molecule has 0 fully saturated rings. The topological polar surface area (TPSA) is 64.9 Å². The molecule has 0 aliphatic rings. The number of anilines is 1. The van der Waals surface area contributed by atoms with Gasteiger partial charge >= 0.3 is 6.01 Å². The van der Waals surface area contributed by atoms with Gasteiger partial charge in [0.05, 0.1) is 0 Å². The summed E-state index contributed by atoms with van der Waals surface area (Å²) in [5, 5.41) is 11.7. The highest BCUT2D eigenvalue weighted by Gasteiger charge is 2.07. The molecule has 3 rings (SSSR count). The van der Waals surface area contributed by atoms with Crippen molar-refractivity contribution in [3.05, 3.63) is 41.1 Å². The molecule has 5 heteroatoms. The minimum atomic E-state index is 0.0842. The molecule has 2 heterocycles. The molecular weight excluding hydrogens is 234 g/mol. The van der Waals surface area contributed by atoms with Gasteiger partial charge in [-0.25, -0.2) is 0 Å². The fourth-order valence-corrected chi connectivity index (χ4v) is 2.28. The highest BCUT2D eigenvalue weighted by atomic mass is 32.1. The molecule has 1 aromatic carbocycles. The lowest BCUT2D eigenvalue weighted by atomic mass is 10.1. The smallest absolute Gasteiger partial charge is 0.313 e. The molecule has 2 N–H and O–H groups in total. The predicted molar refractivity (Wildman–Crippen MR) is 67.5 cm³/mol. The zero-order chi connectivity index (χ0) is 11.7. The molecule has 17 heavy (non-hydrogen) atoms. The largest absolute Gasteiger partial charge is 0.404 e. The van der Waals surface area contributed by atoms with Gasteiger partial charge in [-0.05, 0) is 40.1 Å². The van der Waals surface area contributed by atoms with Gasteiger partial charge in [-0.3, -0.25) is 0 Å². The lowest BCUT2D eigenvalue weighted by molar-refractivity contribution is 0.590. The van der Waals surface area contributed by atoms with Crippen LogP contribution in [0.5, 0.6) is 0 Å². The molecule has 0 saturated heterocycles. The van der Waals surface area contributed by atoms with E-state index >= 15 is 0 Å². The summed E-state index contributed by atoms with van der Waals surface area (Å²) in [7, 11) is 0. The lowest BCUT2D eigenvalue weighted by Crippen LogP contribution is -1.81. The van der Waals surface area contributed by atoms with Gasteiger partial charge in [-0.2, -0.15) is 11.3 Å². The average Bonchev–Trinajstić information content (AvgIpc) is 3.00. The molecule has 0 radical (unpaired) electrons. The van der Waals surface area contributed by atoms with E-state index < -0.39 is 0 Å². The molecule has 3 aromatic rings. The summed E-state index contributed by atoms with van der Waals surface area (Å²) < 4.78 is 5.20. The molecule has 0 saturated carbocycles. The Hall–Kier alpha value is -2.14. The van der Waals surface area contributed by atoms with Crippen LogP contribution in [-0.4, -0.2) is 10.2 Å². The van der Waals surface area contributed by atoms with Crippen LogP contribution in [0.3, 0.4) is 0 Å². The SMILES string of the molecule is Nc1nnc(-c2cccc(-c3ccsc3)c2)o1. The Bertz CT molecular complexity index is 631. The second-order valence-corrected chi connectivity index (χ2v) is 4.32. The number of nitrogens with two attached hydrogens (primary N) is 1. The molecule has 0 atom stereocenters. The van der Waals surface area contributed by atoms with E-state index in [4.69, 9.17) is 10.2 Å². The maximum atomic E-state index is 5.41. The molecule has 0 aliphatic carbocycles. The average molecular weight is 243 g/mol. The van der Waals surface area contributed by atoms with Gasteiger partial charge in [0.1, 0.15) is 0 Å². The van der Waals surface area contributed by atoms with Crippen molar-refractivity contribution >= 4 is 17.4 Å². The fraction of sp³-hybridized carbons (Fsp3) is 0. The zero-order valence-electron chi connectivity index (χ0n) is 8.83. The van der Waals surface area contributed by atoms with Crippen molar-refractivity contribution in [2.75, 3.05) is 5.73 Å². The van der Waals surface area contributed by atoms with Gasteiger partial charge < -0.3 is 10.2 Å². The Morgan fingerprint density at radius 3 is 2.65 bits per heavy atom. The highest BCUT2D eigenvalue weighted by Crippen LogP contribution is 2.27. The number of thiophene rings is 1. The first kappa shape index (κ1) is 10.0. The Morgan fingerprint density at radius 1 is 1.06 bits per heavy atom. The second kappa shape index (κ2) is 4.03. The first-order valence-corrected chi connectivity index (χ1v) is 5.99. The number of aromatic nitrogens is 2. The summed E-state index contributed by atoms with van der Waals surface area (Å²) in [5.41, 5.74) is 8.59. The minimum Gasteiger partial charge on any atom is -0.404 e. The quantitative estimate of drug-likeness (QED) is 0.751. The molecule has 84 valence electrons. The van der Waals surface area contributed by atoms with Gasteiger partial charge in [-0.1, -0.05) is 17.2 Å². The van der Waals surface area contributed by atoms with E-state index in [0.717, 1.165) is 11.1 Å². The summed E-state index contributed by atoms with van der Waals surface area (Å²) in [6, 6.07) is 10.1. The molecule has 0 bridgehead atoms. The maximum absolute atomic E-state index is 5.41. The van der Waals surface area contributed by atoms with Gasteiger partial charge in [0, 0.05) is 5.56 Å². The maximum Gasteiger partial charge on any atom is 0.313 e. The number of nitrogen functional groups attached to an aromatic ring is 1. The van der Waals surface area contributed by atoms with Crippen molar-refractivity contribution in [2.45, 2.75) is 0 Å². The van der Waals surface area contributed by atoms with Crippen LogP contribution >= 0.6 is 11.3 Å². The molecule has 0 spiro atoms. The van der Waals surface area contributed by atoms with E-state index in [-0.39, 0.29) is 6.01 Å². The van der Waals surface area contributed by atoms with Crippen molar-refractivity contribution < 1.29 is 4.42 Å². The fourth-order valence-electron chi connectivity index (χ4n) is 1.61. The van der Waals surface area contributed by atoms with E-state index in [1.165, 1.54) is 5.56 Å². The summed E-state index contributed by atoms with van der Waals surface area (Å²) in [6.45, 7) is 0. The van der Waals surface area contributed by atoms with E-state index in [1.807, 2.05) is 29.6 Å². The van der Waals surface area contributed by atoms with Crippen LogP contribution in [0.15, 0.2) is 45.5 Å². The van der Waals surface area contributed by atoms with E-state index in [2.05, 4.69) is 21.6 Å². The third kappa shape index (κ3) is 1.92. The summed E-state index contributed by atoms with van der Waals surface area (Å²) in [6.07, 6.45) is 0. The summed E-state index contributed by atoms with van der Waals surface area (Å²) in [5.74, 6) is 0.444. The molecule has 0 unspecified atom stereocenters. The number of nitrogens with zero attached hydrogens (tertiary/aromatic N) is 2. The Kier molecular flexibility index (Phi) is 2.38. The van der Waals surface area contributed by atoms with Crippen LogP contribution in [0.1, 0.15) is 0 Å². The first-order chi connectivity index (χ1) is 8.33. The van der Waals surface area contributed by atoms with Crippen molar-refractivity contribution in [3.63, 3.8) is 0 Å². The normalized spacial score (nSPS) is 10.6.